The molecular weight excluding hydrogens is 260 g/mol. The quantitative estimate of drug-likeness (QED) is 0.898. The molecule has 0 saturated carbocycles. The maximum atomic E-state index is 13.8. The molecule has 0 aliphatic rings. The minimum Gasteiger partial charge on any atom is -0.494 e. The Balaban J connectivity index is 2.44. The van der Waals surface area contributed by atoms with E-state index in [2.05, 4.69) is 5.32 Å². The summed E-state index contributed by atoms with van der Waals surface area (Å²) < 4.78 is 32.1. The lowest BCUT2D eigenvalue weighted by molar-refractivity contribution is 0.386. The summed E-state index contributed by atoms with van der Waals surface area (Å²) >= 11 is 0. The number of nitrogens with one attached hydrogen (secondary N) is 1. The Kier molecular flexibility index (Phi) is 4.69. The Bertz CT molecular complexity index is 599. The molecule has 0 heterocycles. The third kappa shape index (κ3) is 3.14. The third-order valence-electron chi connectivity index (χ3n) is 3.10. The van der Waals surface area contributed by atoms with Gasteiger partial charge in [-0.25, -0.2) is 8.78 Å². The number of ether oxygens (including phenoxy) is 1. The summed E-state index contributed by atoms with van der Waals surface area (Å²) in [6.45, 7) is 3.42. The molecule has 2 nitrogen and oxygen atoms in total. The zero-order chi connectivity index (χ0) is 14.5. The van der Waals surface area contributed by atoms with Crippen LogP contribution in [0.1, 0.15) is 12.5 Å². The van der Waals surface area contributed by atoms with Gasteiger partial charge in [-0.15, -0.1) is 0 Å². The molecule has 1 N–H and O–H groups in total. The van der Waals surface area contributed by atoms with Crippen LogP contribution in [-0.2, 0) is 6.54 Å². The van der Waals surface area contributed by atoms with E-state index in [1.54, 1.807) is 18.2 Å². The van der Waals surface area contributed by atoms with Crippen molar-refractivity contribution >= 4 is 0 Å². The minimum atomic E-state index is -0.455. The lowest BCUT2D eigenvalue weighted by Crippen LogP contribution is -2.12. The molecule has 0 amide bonds. The van der Waals surface area contributed by atoms with Crippen LogP contribution in [0.25, 0.3) is 11.1 Å². The van der Waals surface area contributed by atoms with Crippen LogP contribution in [0.15, 0.2) is 36.4 Å². The highest BCUT2D eigenvalue weighted by Crippen LogP contribution is 2.28. The molecule has 0 radical (unpaired) electrons. The molecule has 20 heavy (non-hydrogen) atoms. The number of hydrogen-bond donors (Lipinski definition) is 1. The molecule has 106 valence electrons. The molecule has 0 unspecified atom stereocenters. The standard InChI is InChI=1S/C16H17F2NO/c1-3-19-10-12-4-6-13(17)9-14(12)11-5-7-16(20-2)15(18)8-11/h4-9,19H,3,10H2,1-2H3. The van der Waals surface area contributed by atoms with Gasteiger partial charge in [-0.05, 0) is 47.5 Å². The monoisotopic (exact) mass is 277 g/mol. The van der Waals surface area contributed by atoms with E-state index < -0.39 is 5.82 Å². The molecule has 2 aromatic carbocycles. The van der Waals surface area contributed by atoms with Crippen LogP contribution in [-0.4, -0.2) is 13.7 Å². The van der Waals surface area contributed by atoms with Crippen LogP contribution in [0.2, 0.25) is 0 Å². The van der Waals surface area contributed by atoms with Gasteiger partial charge in [0.2, 0.25) is 0 Å². The second kappa shape index (κ2) is 6.48. The van der Waals surface area contributed by atoms with Crippen LogP contribution in [0, 0.1) is 11.6 Å². The van der Waals surface area contributed by atoms with Gasteiger partial charge in [0.05, 0.1) is 7.11 Å². The molecule has 0 atom stereocenters. The number of hydrogen-bond acceptors (Lipinski definition) is 2. The van der Waals surface area contributed by atoms with E-state index in [9.17, 15) is 8.78 Å². The Hall–Kier alpha value is -1.94. The van der Waals surface area contributed by atoms with Gasteiger partial charge < -0.3 is 10.1 Å². The highest BCUT2D eigenvalue weighted by molar-refractivity contribution is 5.68. The van der Waals surface area contributed by atoms with Crippen molar-refractivity contribution in [3.05, 3.63) is 53.6 Å². The maximum Gasteiger partial charge on any atom is 0.165 e. The smallest absolute Gasteiger partial charge is 0.165 e. The zero-order valence-electron chi connectivity index (χ0n) is 11.5. The van der Waals surface area contributed by atoms with Crippen LogP contribution < -0.4 is 10.1 Å². The van der Waals surface area contributed by atoms with Gasteiger partial charge in [-0.3, -0.25) is 0 Å². The Morgan fingerprint density at radius 3 is 2.55 bits per heavy atom. The number of halogens is 2. The van der Waals surface area contributed by atoms with E-state index in [0.717, 1.165) is 12.1 Å². The van der Waals surface area contributed by atoms with Gasteiger partial charge in [0.1, 0.15) is 5.82 Å². The largest absolute Gasteiger partial charge is 0.494 e. The fraction of sp³-hybridized carbons (Fsp3) is 0.250. The molecule has 0 spiro atoms. The predicted molar refractivity (Wildman–Crippen MR) is 75.7 cm³/mol. The first-order valence-electron chi connectivity index (χ1n) is 6.48. The van der Waals surface area contributed by atoms with E-state index >= 15 is 0 Å². The molecule has 0 aliphatic heterocycles. The first-order valence-corrected chi connectivity index (χ1v) is 6.48. The summed E-state index contributed by atoms with van der Waals surface area (Å²) in [5.41, 5.74) is 2.25. The van der Waals surface area contributed by atoms with Crippen LogP contribution in [0.4, 0.5) is 8.78 Å². The van der Waals surface area contributed by atoms with E-state index in [1.807, 2.05) is 6.92 Å². The second-order valence-corrected chi connectivity index (χ2v) is 4.43. The van der Waals surface area contributed by atoms with Gasteiger partial charge >= 0.3 is 0 Å². The first-order chi connectivity index (χ1) is 9.65. The minimum absolute atomic E-state index is 0.179. The SMILES string of the molecule is CCNCc1ccc(F)cc1-c1ccc(OC)c(F)c1. The zero-order valence-corrected chi connectivity index (χ0v) is 11.5. The van der Waals surface area contributed by atoms with Crippen molar-refractivity contribution in [1.29, 1.82) is 0 Å². The molecule has 0 fully saturated rings. The second-order valence-electron chi connectivity index (χ2n) is 4.43. The normalized spacial score (nSPS) is 10.6. The molecule has 0 aliphatic carbocycles. The lowest BCUT2D eigenvalue weighted by atomic mass is 9.99. The van der Waals surface area contributed by atoms with E-state index in [4.69, 9.17) is 4.74 Å². The third-order valence-corrected chi connectivity index (χ3v) is 3.10. The molecule has 0 aromatic heterocycles. The van der Waals surface area contributed by atoms with Crippen molar-refractivity contribution in [3.63, 3.8) is 0 Å². The number of methoxy groups -OCH3 is 1. The fourth-order valence-corrected chi connectivity index (χ4v) is 2.07. The molecule has 0 bridgehead atoms. The first kappa shape index (κ1) is 14.5. The molecule has 0 saturated heterocycles. The van der Waals surface area contributed by atoms with Crippen molar-refractivity contribution in [2.24, 2.45) is 0 Å². The molecule has 2 rings (SSSR count). The molecular formula is C16H17F2NO. The average Bonchev–Trinajstić information content (AvgIpc) is 2.46. The van der Waals surface area contributed by atoms with Crippen molar-refractivity contribution < 1.29 is 13.5 Å². The summed E-state index contributed by atoms with van der Waals surface area (Å²) in [7, 11) is 1.41. The molecule has 2 aromatic rings. The van der Waals surface area contributed by atoms with Crippen LogP contribution in [0.3, 0.4) is 0 Å². The van der Waals surface area contributed by atoms with Gasteiger partial charge in [0.15, 0.2) is 11.6 Å². The Morgan fingerprint density at radius 2 is 1.90 bits per heavy atom. The fourth-order valence-electron chi connectivity index (χ4n) is 2.07. The average molecular weight is 277 g/mol. The van der Waals surface area contributed by atoms with Crippen molar-refractivity contribution in [3.8, 4) is 16.9 Å². The summed E-state index contributed by atoms with van der Waals surface area (Å²) in [6, 6.07) is 9.20. The van der Waals surface area contributed by atoms with E-state index in [-0.39, 0.29) is 11.6 Å². The van der Waals surface area contributed by atoms with Crippen molar-refractivity contribution in [2.75, 3.05) is 13.7 Å². The van der Waals surface area contributed by atoms with Gasteiger partial charge in [-0.1, -0.05) is 19.1 Å². The summed E-state index contributed by atoms with van der Waals surface area (Å²) in [4.78, 5) is 0. The van der Waals surface area contributed by atoms with Gasteiger partial charge in [0.25, 0.3) is 0 Å². The molecule has 4 heteroatoms. The summed E-state index contributed by atoms with van der Waals surface area (Å²) in [5.74, 6) is -0.612. The van der Waals surface area contributed by atoms with Crippen molar-refractivity contribution in [1.82, 2.24) is 5.32 Å². The Labute approximate surface area is 117 Å². The topological polar surface area (TPSA) is 21.3 Å². The highest BCUT2D eigenvalue weighted by atomic mass is 19.1. The van der Waals surface area contributed by atoms with Gasteiger partial charge in [-0.2, -0.15) is 0 Å². The Morgan fingerprint density at radius 1 is 1.10 bits per heavy atom. The summed E-state index contributed by atoms with van der Waals surface area (Å²) in [6.07, 6.45) is 0. The summed E-state index contributed by atoms with van der Waals surface area (Å²) in [5, 5.41) is 3.19. The van der Waals surface area contributed by atoms with Crippen molar-refractivity contribution in [2.45, 2.75) is 13.5 Å². The van der Waals surface area contributed by atoms with Gasteiger partial charge in [0, 0.05) is 6.54 Å². The van der Waals surface area contributed by atoms with E-state index in [1.165, 1.54) is 25.3 Å². The van der Waals surface area contributed by atoms with Crippen LogP contribution in [0.5, 0.6) is 5.75 Å². The van der Waals surface area contributed by atoms with Crippen LogP contribution >= 0.6 is 0 Å². The maximum absolute atomic E-state index is 13.8. The number of rotatable bonds is 5. The lowest BCUT2D eigenvalue weighted by Gasteiger charge is -2.11. The highest BCUT2D eigenvalue weighted by Gasteiger charge is 2.10. The number of benzene rings is 2. The van der Waals surface area contributed by atoms with E-state index in [0.29, 0.717) is 17.7 Å². The predicted octanol–water partition coefficient (Wildman–Crippen LogP) is 3.75.